The highest BCUT2D eigenvalue weighted by molar-refractivity contribution is 7.89. The first kappa shape index (κ1) is 24.3. The molecule has 0 aliphatic carbocycles. The van der Waals surface area contributed by atoms with Gasteiger partial charge < -0.3 is 10.1 Å². The van der Waals surface area contributed by atoms with Gasteiger partial charge in [0.1, 0.15) is 10.6 Å². The van der Waals surface area contributed by atoms with E-state index < -0.39 is 27.7 Å². The zero-order valence-electron chi connectivity index (χ0n) is 17.0. The Morgan fingerprint density at radius 2 is 1.78 bits per heavy atom. The number of benzene rings is 2. The number of methoxy groups -OCH3 is 1. The van der Waals surface area contributed by atoms with Gasteiger partial charge in [0.25, 0.3) is 0 Å². The molecule has 7 nitrogen and oxygen atoms in total. The van der Waals surface area contributed by atoms with E-state index in [-0.39, 0.29) is 54.1 Å². The van der Waals surface area contributed by atoms with Crippen molar-refractivity contribution in [3.8, 4) is 5.75 Å². The Morgan fingerprint density at radius 3 is 2.41 bits per heavy atom. The van der Waals surface area contributed by atoms with Crippen LogP contribution in [-0.4, -0.2) is 63.4 Å². The van der Waals surface area contributed by atoms with Gasteiger partial charge in [-0.3, -0.25) is 9.69 Å². The number of ether oxygens (including phenoxy) is 1. The van der Waals surface area contributed by atoms with E-state index in [0.29, 0.717) is 0 Å². The van der Waals surface area contributed by atoms with Gasteiger partial charge in [-0.2, -0.15) is 17.5 Å². The molecule has 2 aromatic carbocycles. The Kier molecular flexibility index (Phi) is 7.33. The SMILES string of the molecule is COc1ccc(Cl)cc1S(=O)(=O)N1CCN(CC(=O)Nc2ccccc2C(F)(F)F)CC1. The summed E-state index contributed by atoms with van der Waals surface area (Å²) in [5.41, 5.74) is -1.25. The molecule has 1 saturated heterocycles. The van der Waals surface area contributed by atoms with Crippen LogP contribution in [0.25, 0.3) is 0 Å². The molecule has 1 aliphatic heterocycles. The number of rotatable bonds is 6. The Bertz CT molecular complexity index is 1090. The van der Waals surface area contributed by atoms with E-state index in [1.54, 1.807) is 4.90 Å². The molecule has 2 aromatic rings. The molecule has 0 unspecified atom stereocenters. The highest BCUT2D eigenvalue weighted by Crippen LogP contribution is 2.34. The molecule has 12 heteroatoms. The molecule has 3 rings (SSSR count). The van der Waals surface area contributed by atoms with Crippen LogP contribution in [0.5, 0.6) is 5.75 Å². The third-order valence-corrected chi connectivity index (χ3v) is 7.10. The van der Waals surface area contributed by atoms with E-state index in [0.717, 1.165) is 6.07 Å². The predicted octanol–water partition coefficient (Wildman–Crippen LogP) is 3.31. The minimum Gasteiger partial charge on any atom is -0.495 e. The molecule has 1 amide bonds. The second-order valence-corrected chi connectivity index (χ2v) is 9.41. The van der Waals surface area contributed by atoms with Crippen LogP contribution in [0, 0.1) is 0 Å². The summed E-state index contributed by atoms with van der Waals surface area (Å²) in [6.45, 7) is 0.502. The lowest BCUT2D eigenvalue weighted by Gasteiger charge is -2.33. The topological polar surface area (TPSA) is 79.0 Å². The van der Waals surface area contributed by atoms with Crippen molar-refractivity contribution in [1.82, 2.24) is 9.21 Å². The second-order valence-electron chi connectivity index (χ2n) is 7.07. The number of halogens is 4. The van der Waals surface area contributed by atoms with Crippen LogP contribution in [0.15, 0.2) is 47.4 Å². The molecule has 1 heterocycles. The van der Waals surface area contributed by atoms with Gasteiger partial charge >= 0.3 is 6.18 Å². The Hall–Kier alpha value is -2.34. The molecule has 1 fully saturated rings. The van der Waals surface area contributed by atoms with E-state index in [1.165, 1.54) is 47.8 Å². The lowest BCUT2D eigenvalue weighted by atomic mass is 10.1. The number of para-hydroxylation sites is 1. The third kappa shape index (κ3) is 5.52. The Labute approximate surface area is 188 Å². The molecule has 1 N–H and O–H groups in total. The number of piperazine rings is 1. The number of anilines is 1. The molecule has 174 valence electrons. The third-order valence-electron chi connectivity index (χ3n) is 4.95. The largest absolute Gasteiger partial charge is 0.495 e. The Balaban J connectivity index is 1.62. The summed E-state index contributed by atoms with van der Waals surface area (Å²) in [6, 6.07) is 9.02. The maximum absolute atomic E-state index is 13.1. The normalized spacial score (nSPS) is 16.0. The molecule has 0 bridgehead atoms. The number of nitrogens with one attached hydrogen (secondary N) is 1. The number of carbonyl (C=O) groups excluding carboxylic acids is 1. The number of sulfonamides is 1. The highest BCUT2D eigenvalue weighted by Gasteiger charge is 2.34. The van der Waals surface area contributed by atoms with Crippen LogP contribution < -0.4 is 10.1 Å². The zero-order chi connectivity index (χ0) is 23.5. The summed E-state index contributed by atoms with van der Waals surface area (Å²) < 4.78 is 71.7. The smallest absolute Gasteiger partial charge is 0.418 e. The molecule has 1 aliphatic rings. The van der Waals surface area contributed by atoms with Crippen molar-refractivity contribution < 1.29 is 31.1 Å². The van der Waals surface area contributed by atoms with Crippen molar-refractivity contribution in [3.63, 3.8) is 0 Å². The molecule has 0 saturated carbocycles. The van der Waals surface area contributed by atoms with Gasteiger partial charge in [0.2, 0.25) is 15.9 Å². The van der Waals surface area contributed by atoms with Crippen LogP contribution in [0.3, 0.4) is 0 Å². The van der Waals surface area contributed by atoms with Crippen LogP contribution in [0.2, 0.25) is 5.02 Å². The maximum Gasteiger partial charge on any atom is 0.418 e. The zero-order valence-corrected chi connectivity index (χ0v) is 18.6. The quantitative estimate of drug-likeness (QED) is 0.670. The summed E-state index contributed by atoms with van der Waals surface area (Å²) in [5, 5.41) is 2.54. The van der Waals surface area contributed by atoms with Gasteiger partial charge in [-0.05, 0) is 30.3 Å². The predicted molar refractivity (Wildman–Crippen MR) is 113 cm³/mol. The summed E-state index contributed by atoms with van der Waals surface area (Å²) in [5.74, 6) is -0.450. The van der Waals surface area contributed by atoms with Gasteiger partial charge in [-0.15, -0.1) is 0 Å². The number of hydrogen-bond acceptors (Lipinski definition) is 5. The minimum atomic E-state index is -4.59. The van der Waals surface area contributed by atoms with E-state index in [1.807, 2.05) is 0 Å². The van der Waals surface area contributed by atoms with Crippen molar-refractivity contribution in [2.45, 2.75) is 11.1 Å². The van der Waals surface area contributed by atoms with Gasteiger partial charge in [0, 0.05) is 31.2 Å². The molecular formula is C20H21ClF3N3O4S. The van der Waals surface area contributed by atoms with Crippen molar-refractivity contribution in [2.75, 3.05) is 45.2 Å². The van der Waals surface area contributed by atoms with Gasteiger partial charge in [-0.25, -0.2) is 8.42 Å². The summed E-state index contributed by atoms with van der Waals surface area (Å²) >= 11 is 5.94. The average Bonchev–Trinajstić information content (AvgIpc) is 2.73. The van der Waals surface area contributed by atoms with Crippen LogP contribution in [-0.2, 0) is 21.0 Å². The first-order valence-electron chi connectivity index (χ1n) is 9.54. The molecule has 0 radical (unpaired) electrons. The van der Waals surface area contributed by atoms with Gasteiger partial charge in [-0.1, -0.05) is 23.7 Å². The lowest BCUT2D eigenvalue weighted by Crippen LogP contribution is -2.50. The fourth-order valence-corrected chi connectivity index (χ4v) is 5.19. The molecule has 0 spiro atoms. The van der Waals surface area contributed by atoms with E-state index in [4.69, 9.17) is 16.3 Å². The summed E-state index contributed by atoms with van der Waals surface area (Å²) in [7, 11) is -2.52. The summed E-state index contributed by atoms with van der Waals surface area (Å²) in [4.78, 5) is 13.9. The number of nitrogens with zero attached hydrogens (tertiary/aromatic N) is 2. The standard InChI is InChI=1S/C20H21ClF3N3O4S/c1-31-17-7-6-14(21)12-18(17)32(29,30)27-10-8-26(9-11-27)13-19(28)25-16-5-3-2-4-15(16)20(22,23)24/h2-7,12H,8-11,13H2,1H3,(H,25,28). The number of carbonyl (C=O) groups is 1. The number of alkyl halides is 3. The van der Waals surface area contributed by atoms with E-state index >= 15 is 0 Å². The fourth-order valence-electron chi connectivity index (χ4n) is 3.35. The number of amides is 1. The fraction of sp³-hybridized carbons (Fsp3) is 0.350. The second kappa shape index (κ2) is 9.65. The first-order chi connectivity index (χ1) is 15.0. The van der Waals surface area contributed by atoms with Crippen LogP contribution >= 0.6 is 11.6 Å². The molecular weight excluding hydrogens is 471 g/mol. The van der Waals surface area contributed by atoms with Crippen molar-refractivity contribution in [2.24, 2.45) is 0 Å². The molecule has 32 heavy (non-hydrogen) atoms. The van der Waals surface area contributed by atoms with E-state index in [9.17, 15) is 26.4 Å². The minimum absolute atomic E-state index is 0.0533. The monoisotopic (exact) mass is 491 g/mol. The lowest BCUT2D eigenvalue weighted by molar-refractivity contribution is -0.137. The average molecular weight is 492 g/mol. The summed E-state index contributed by atoms with van der Waals surface area (Å²) in [6.07, 6.45) is -4.59. The number of hydrogen-bond donors (Lipinski definition) is 1. The van der Waals surface area contributed by atoms with Gasteiger partial charge in [0.05, 0.1) is 24.9 Å². The maximum atomic E-state index is 13.1. The van der Waals surface area contributed by atoms with Crippen molar-refractivity contribution >= 4 is 33.2 Å². The molecule has 0 aromatic heterocycles. The van der Waals surface area contributed by atoms with Crippen LogP contribution in [0.4, 0.5) is 18.9 Å². The highest BCUT2D eigenvalue weighted by atomic mass is 35.5. The van der Waals surface area contributed by atoms with Crippen molar-refractivity contribution in [3.05, 3.63) is 53.1 Å². The first-order valence-corrected chi connectivity index (χ1v) is 11.4. The van der Waals surface area contributed by atoms with Crippen molar-refractivity contribution in [1.29, 1.82) is 0 Å². The molecule has 0 atom stereocenters. The van der Waals surface area contributed by atoms with Gasteiger partial charge in [0.15, 0.2) is 0 Å². The Morgan fingerprint density at radius 1 is 1.12 bits per heavy atom. The van der Waals surface area contributed by atoms with Crippen LogP contribution in [0.1, 0.15) is 5.56 Å². The van der Waals surface area contributed by atoms with E-state index in [2.05, 4.69) is 5.32 Å².